The second-order valence-electron chi connectivity index (χ2n) is 7.54. The third-order valence-electron chi connectivity index (χ3n) is 5.87. The van der Waals surface area contributed by atoms with Crippen LogP contribution in [0.1, 0.15) is 23.5 Å². The predicted molar refractivity (Wildman–Crippen MR) is 95.3 cm³/mol. The molecule has 2 fully saturated rings. The molecule has 0 radical (unpaired) electrons. The first kappa shape index (κ1) is 16.2. The molecule has 1 aliphatic carbocycles. The number of fused-ring (bicyclic) bond motifs is 2. The van der Waals surface area contributed by atoms with Crippen molar-refractivity contribution in [2.75, 3.05) is 31.1 Å². The van der Waals surface area contributed by atoms with E-state index >= 15 is 0 Å². The molecule has 2 saturated heterocycles. The summed E-state index contributed by atoms with van der Waals surface area (Å²) >= 11 is 0. The van der Waals surface area contributed by atoms with Gasteiger partial charge < -0.3 is 9.88 Å². The zero-order chi connectivity index (χ0) is 17.9. The van der Waals surface area contributed by atoms with Crippen LogP contribution in [-0.2, 0) is 22.9 Å². The van der Waals surface area contributed by atoms with Gasteiger partial charge in [-0.2, -0.15) is 4.31 Å². The van der Waals surface area contributed by atoms with Gasteiger partial charge in [-0.1, -0.05) is 0 Å². The highest BCUT2D eigenvalue weighted by molar-refractivity contribution is 7.89. The largest absolute Gasteiger partial charge is 0.356 e. The third kappa shape index (κ3) is 2.44. The van der Waals surface area contributed by atoms with Gasteiger partial charge >= 0.3 is 0 Å². The normalized spacial score (nSPS) is 25.7. The molecule has 1 N–H and O–H groups in total. The maximum absolute atomic E-state index is 12.7. The first-order valence-corrected chi connectivity index (χ1v) is 10.6. The Morgan fingerprint density at radius 2 is 1.88 bits per heavy atom. The molecule has 0 bridgehead atoms. The van der Waals surface area contributed by atoms with Crippen LogP contribution in [0.25, 0.3) is 0 Å². The van der Waals surface area contributed by atoms with E-state index in [2.05, 4.69) is 19.9 Å². The second-order valence-corrected chi connectivity index (χ2v) is 9.44. The number of imidazole rings is 1. The van der Waals surface area contributed by atoms with E-state index in [1.807, 2.05) is 6.92 Å². The van der Waals surface area contributed by atoms with E-state index in [1.54, 1.807) is 4.31 Å². The van der Waals surface area contributed by atoms with E-state index in [1.165, 1.54) is 23.8 Å². The van der Waals surface area contributed by atoms with E-state index in [0.717, 1.165) is 44.0 Å². The Kier molecular flexibility index (Phi) is 3.58. The standard InChI is InChI=1S/C17H22N6O2S/c1-11-20-15-4-2-3-14(15)17(21-11)22-6-12-8-23(9-13(12)7-22)26(24,25)16-5-18-10-19-16/h5,10,12-13H,2-4,6-9H2,1H3,(H,18,19). The zero-order valence-corrected chi connectivity index (χ0v) is 15.5. The number of hydrogen-bond acceptors (Lipinski definition) is 6. The first-order chi connectivity index (χ1) is 12.5. The van der Waals surface area contributed by atoms with Crippen molar-refractivity contribution >= 4 is 15.8 Å². The second kappa shape index (κ2) is 5.75. The van der Waals surface area contributed by atoms with Gasteiger partial charge in [0, 0.05) is 37.4 Å². The molecular weight excluding hydrogens is 352 g/mol. The number of aryl methyl sites for hydroxylation is 2. The monoisotopic (exact) mass is 374 g/mol. The van der Waals surface area contributed by atoms with Gasteiger partial charge in [-0.25, -0.2) is 23.4 Å². The lowest BCUT2D eigenvalue weighted by Crippen LogP contribution is -2.34. The highest BCUT2D eigenvalue weighted by Gasteiger charge is 2.45. The van der Waals surface area contributed by atoms with Crippen LogP contribution in [0.4, 0.5) is 5.82 Å². The molecule has 2 aromatic rings. The minimum atomic E-state index is -3.46. The molecule has 5 rings (SSSR count). The molecule has 4 heterocycles. The van der Waals surface area contributed by atoms with Crippen LogP contribution in [0.5, 0.6) is 0 Å². The maximum Gasteiger partial charge on any atom is 0.260 e. The lowest BCUT2D eigenvalue weighted by atomic mass is 10.0. The summed E-state index contributed by atoms with van der Waals surface area (Å²) < 4.78 is 27.0. The average molecular weight is 374 g/mol. The number of sulfonamides is 1. The number of rotatable bonds is 3. The summed E-state index contributed by atoms with van der Waals surface area (Å²) in [5.74, 6) is 2.61. The Labute approximate surface area is 152 Å². The molecule has 3 aliphatic rings. The summed E-state index contributed by atoms with van der Waals surface area (Å²) in [6, 6.07) is 0. The third-order valence-corrected chi connectivity index (χ3v) is 7.62. The minimum Gasteiger partial charge on any atom is -0.356 e. The van der Waals surface area contributed by atoms with E-state index in [0.29, 0.717) is 24.9 Å². The van der Waals surface area contributed by atoms with Gasteiger partial charge in [-0.3, -0.25) is 0 Å². The van der Waals surface area contributed by atoms with Crippen LogP contribution in [0.2, 0.25) is 0 Å². The van der Waals surface area contributed by atoms with Crippen molar-refractivity contribution in [1.29, 1.82) is 0 Å². The summed E-state index contributed by atoms with van der Waals surface area (Å²) in [5, 5.41) is 0.179. The Balaban J connectivity index is 1.36. The first-order valence-electron chi connectivity index (χ1n) is 9.12. The number of hydrogen-bond donors (Lipinski definition) is 1. The number of anilines is 1. The summed E-state index contributed by atoms with van der Waals surface area (Å²) in [5.41, 5.74) is 2.51. The van der Waals surface area contributed by atoms with Crippen molar-refractivity contribution in [3.05, 3.63) is 29.6 Å². The number of aromatic amines is 1. The van der Waals surface area contributed by atoms with E-state index in [-0.39, 0.29) is 5.03 Å². The van der Waals surface area contributed by atoms with Gasteiger partial charge in [0.05, 0.1) is 12.5 Å². The zero-order valence-electron chi connectivity index (χ0n) is 14.7. The number of nitrogens with zero attached hydrogens (tertiary/aromatic N) is 5. The average Bonchev–Trinajstić information content (AvgIpc) is 3.35. The topological polar surface area (TPSA) is 95.1 Å². The molecule has 0 amide bonds. The highest BCUT2D eigenvalue weighted by Crippen LogP contribution is 2.38. The summed E-state index contributed by atoms with van der Waals surface area (Å²) in [6.07, 6.45) is 6.03. The molecule has 26 heavy (non-hydrogen) atoms. The minimum absolute atomic E-state index is 0.179. The molecule has 2 aliphatic heterocycles. The molecule has 2 unspecified atom stereocenters. The molecule has 0 aromatic carbocycles. The Hall–Kier alpha value is -2.00. The van der Waals surface area contributed by atoms with Crippen molar-refractivity contribution in [3.8, 4) is 0 Å². The highest BCUT2D eigenvalue weighted by atomic mass is 32.2. The predicted octanol–water partition coefficient (Wildman–Crippen LogP) is 0.754. The molecule has 8 nitrogen and oxygen atoms in total. The van der Waals surface area contributed by atoms with Crippen molar-refractivity contribution in [2.24, 2.45) is 11.8 Å². The van der Waals surface area contributed by atoms with Crippen LogP contribution in [0, 0.1) is 18.8 Å². The van der Waals surface area contributed by atoms with Crippen LogP contribution in [0.3, 0.4) is 0 Å². The van der Waals surface area contributed by atoms with Gasteiger partial charge in [0.2, 0.25) is 0 Å². The Morgan fingerprint density at radius 1 is 1.12 bits per heavy atom. The summed E-state index contributed by atoms with van der Waals surface area (Å²) in [6.45, 7) is 4.81. The van der Waals surface area contributed by atoms with Crippen molar-refractivity contribution in [3.63, 3.8) is 0 Å². The SMILES string of the molecule is Cc1nc2c(c(N3CC4CN(S(=O)(=O)c5cnc[nH]5)CC4C3)n1)CCC2. The lowest BCUT2D eigenvalue weighted by molar-refractivity contribution is 0.451. The Bertz CT molecular complexity index is 928. The van der Waals surface area contributed by atoms with Gasteiger partial charge in [-0.15, -0.1) is 0 Å². The maximum atomic E-state index is 12.7. The fourth-order valence-corrected chi connectivity index (χ4v) is 6.09. The number of H-pyrrole nitrogens is 1. The quantitative estimate of drug-likeness (QED) is 0.852. The van der Waals surface area contributed by atoms with Crippen molar-refractivity contribution in [1.82, 2.24) is 24.2 Å². The van der Waals surface area contributed by atoms with Gasteiger partial charge in [-0.05, 0) is 38.0 Å². The van der Waals surface area contributed by atoms with E-state index in [4.69, 9.17) is 4.98 Å². The van der Waals surface area contributed by atoms with Gasteiger partial charge in [0.25, 0.3) is 10.0 Å². The van der Waals surface area contributed by atoms with Gasteiger partial charge in [0.15, 0.2) is 5.03 Å². The molecule has 138 valence electrons. The van der Waals surface area contributed by atoms with Crippen LogP contribution in [0.15, 0.2) is 17.6 Å². The fourth-order valence-electron chi connectivity index (χ4n) is 4.64. The van der Waals surface area contributed by atoms with Crippen LogP contribution < -0.4 is 4.90 Å². The number of aromatic nitrogens is 4. The van der Waals surface area contributed by atoms with Crippen LogP contribution >= 0.6 is 0 Å². The molecular formula is C17H22N6O2S. The van der Waals surface area contributed by atoms with Gasteiger partial charge in [0.1, 0.15) is 11.6 Å². The summed E-state index contributed by atoms with van der Waals surface area (Å²) in [7, 11) is -3.46. The van der Waals surface area contributed by atoms with Crippen molar-refractivity contribution in [2.45, 2.75) is 31.2 Å². The van der Waals surface area contributed by atoms with Crippen molar-refractivity contribution < 1.29 is 8.42 Å². The smallest absolute Gasteiger partial charge is 0.260 e. The summed E-state index contributed by atoms with van der Waals surface area (Å²) in [4.78, 5) is 18.2. The number of nitrogens with one attached hydrogen (secondary N) is 1. The molecule has 9 heteroatoms. The lowest BCUT2D eigenvalue weighted by Gasteiger charge is -2.23. The van der Waals surface area contributed by atoms with E-state index in [9.17, 15) is 8.42 Å². The molecule has 2 aromatic heterocycles. The van der Waals surface area contributed by atoms with Crippen LogP contribution in [-0.4, -0.2) is 58.8 Å². The fraction of sp³-hybridized carbons (Fsp3) is 0.588. The Morgan fingerprint density at radius 3 is 2.58 bits per heavy atom. The molecule has 2 atom stereocenters. The van der Waals surface area contributed by atoms with E-state index < -0.39 is 10.0 Å². The molecule has 0 spiro atoms. The molecule has 0 saturated carbocycles.